The van der Waals surface area contributed by atoms with Crippen LogP contribution in [0.3, 0.4) is 0 Å². The molecule has 6 aliphatic rings. The van der Waals surface area contributed by atoms with E-state index >= 15 is 0 Å². The summed E-state index contributed by atoms with van der Waals surface area (Å²) in [4.78, 5) is 30.6. The zero-order valence-corrected chi connectivity index (χ0v) is 16.0. The fourth-order valence-electron chi connectivity index (χ4n) is 6.57. The number of fused-ring (bicyclic) bond motifs is 1. The normalized spacial score (nSPS) is 47.7. The van der Waals surface area contributed by atoms with Crippen LogP contribution in [0.25, 0.3) is 0 Å². The van der Waals surface area contributed by atoms with Crippen molar-refractivity contribution in [2.24, 2.45) is 28.6 Å². The molecule has 6 heteroatoms. The van der Waals surface area contributed by atoms with Crippen LogP contribution in [0.15, 0.2) is 0 Å². The fourth-order valence-corrected chi connectivity index (χ4v) is 6.57. The van der Waals surface area contributed by atoms with Gasteiger partial charge in [-0.2, -0.15) is 0 Å². The minimum absolute atomic E-state index is 0.154. The molecule has 4 heterocycles. The number of piperidine rings is 1. The maximum Gasteiger partial charge on any atom is 0.226 e. The number of likely N-dealkylation sites (tertiary alicyclic amines) is 2. The minimum Gasteiger partial charge on any atom is -0.381 e. The van der Waals surface area contributed by atoms with Gasteiger partial charge in [-0.25, -0.2) is 0 Å². The summed E-state index contributed by atoms with van der Waals surface area (Å²) < 4.78 is 11.1. The number of rotatable bonds is 2. The number of hydrogen-bond acceptors (Lipinski definition) is 4. The third-order valence-corrected chi connectivity index (χ3v) is 8.62. The molecule has 0 radical (unpaired) electrons. The molecule has 2 saturated carbocycles. The van der Waals surface area contributed by atoms with Gasteiger partial charge in [-0.3, -0.25) is 9.59 Å². The molecular weight excluding hydrogens is 344 g/mol. The average molecular weight is 374 g/mol. The summed E-state index contributed by atoms with van der Waals surface area (Å²) in [5.74, 6) is 1.49. The zero-order valence-electron chi connectivity index (χ0n) is 16.0. The van der Waals surface area contributed by atoms with Gasteiger partial charge in [0.1, 0.15) is 0 Å². The molecule has 0 bridgehead atoms. The van der Waals surface area contributed by atoms with Gasteiger partial charge in [-0.1, -0.05) is 0 Å². The van der Waals surface area contributed by atoms with Crippen LogP contribution in [0.4, 0.5) is 0 Å². The second kappa shape index (κ2) is 5.69. The van der Waals surface area contributed by atoms with Crippen molar-refractivity contribution in [2.45, 2.75) is 44.6 Å². The first-order chi connectivity index (χ1) is 13.1. The first-order valence-electron chi connectivity index (χ1n) is 10.9. The SMILES string of the molecule is O=C(C1CC12CCOC2)N1C[C@@H]2CCCN(C(=O)C3CC34CCOC4)[C@@H]2C1. The quantitative estimate of drug-likeness (QED) is 0.731. The first-order valence-corrected chi connectivity index (χ1v) is 10.9. The Kier molecular flexibility index (Phi) is 3.54. The lowest BCUT2D eigenvalue weighted by Gasteiger charge is -2.37. The van der Waals surface area contributed by atoms with Crippen molar-refractivity contribution in [3.05, 3.63) is 0 Å². The molecule has 4 unspecified atom stereocenters. The summed E-state index contributed by atoms with van der Waals surface area (Å²) in [5.41, 5.74) is 0.310. The number of carbonyl (C=O) groups excluding carboxylic acids is 2. The van der Waals surface area contributed by atoms with Crippen LogP contribution in [-0.4, -0.2) is 73.7 Å². The highest BCUT2D eigenvalue weighted by atomic mass is 16.5. The highest BCUT2D eigenvalue weighted by Gasteiger charge is 2.63. The number of hydrogen-bond donors (Lipinski definition) is 0. The molecule has 2 spiro atoms. The largest absolute Gasteiger partial charge is 0.381 e. The molecule has 6 nitrogen and oxygen atoms in total. The minimum atomic E-state index is 0.154. The van der Waals surface area contributed by atoms with E-state index in [-0.39, 0.29) is 28.7 Å². The number of nitrogens with zero attached hydrogens (tertiary/aromatic N) is 2. The van der Waals surface area contributed by atoms with Gasteiger partial charge in [0.25, 0.3) is 0 Å². The van der Waals surface area contributed by atoms with Crippen molar-refractivity contribution < 1.29 is 19.1 Å². The van der Waals surface area contributed by atoms with Gasteiger partial charge in [-0.05, 0) is 44.4 Å². The van der Waals surface area contributed by atoms with Gasteiger partial charge < -0.3 is 19.3 Å². The Bertz CT molecular complexity index is 667. The Morgan fingerprint density at radius 3 is 2.19 bits per heavy atom. The van der Waals surface area contributed by atoms with E-state index in [4.69, 9.17) is 9.47 Å². The summed E-state index contributed by atoms with van der Waals surface area (Å²) in [6.45, 7) is 5.62. The molecular formula is C21H30N2O4. The maximum atomic E-state index is 13.2. The molecule has 27 heavy (non-hydrogen) atoms. The summed E-state index contributed by atoms with van der Waals surface area (Å²) in [5, 5.41) is 0. The first kappa shape index (κ1) is 16.8. The molecule has 4 aliphatic heterocycles. The van der Waals surface area contributed by atoms with Gasteiger partial charge in [0.05, 0.1) is 19.3 Å². The van der Waals surface area contributed by atoms with Crippen molar-refractivity contribution in [1.29, 1.82) is 0 Å². The van der Waals surface area contributed by atoms with Gasteiger partial charge >= 0.3 is 0 Å². The summed E-state index contributed by atoms with van der Waals surface area (Å²) in [7, 11) is 0. The highest BCUT2D eigenvalue weighted by molar-refractivity contribution is 5.85. The van der Waals surface area contributed by atoms with Crippen molar-refractivity contribution in [1.82, 2.24) is 9.80 Å². The lowest BCUT2D eigenvalue weighted by atomic mass is 9.91. The molecule has 0 N–H and O–H groups in total. The van der Waals surface area contributed by atoms with E-state index in [1.165, 1.54) is 0 Å². The molecule has 2 amide bonds. The number of ether oxygens (including phenoxy) is 2. The third kappa shape index (κ3) is 2.45. The molecule has 6 atom stereocenters. The van der Waals surface area contributed by atoms with Gasteiger partial charge in [-0.15, -0.1) is 0 Å². The average Bonchev–Trinajstić information content (AvgIpc) is 3.23. The third-order valence-electron chi connectivity index (χ3n) is 8.62. The van der Waals surface area contributed by atoms with Crippen LogP contribution in [-0.2, 0) is 19.1 Å². The van der Waals surface area contributed by atoms with Crippen LogP contribution in [0.5, 0.6) is 0 Å². The van der Waals surface area contributed by atoms with E-state index < -0.39 is 0 Å². The molecule has 0 aromatic rings. The van der Waals surface area contributed by atoms with E-state index in [0.29, 0.717) is 17.7 Å². The van der Waals surface area contributed by atoms with Crippen LogP contribution >= 0.6 is 0 Å². The van der Waals surface area contributed by atoms with Gasteiger partial charge in [0.15, 0.2) is 0 Å². The lowest BCUT2D eigenvalue weighted by Crippen LogP contribution is -2.49. The van der Waals surface area contributed by atoms with Gasteiger partial charge in [0, 0.05) is 55.5 Å². The lowest BCUT2D eigenvalue weighted by molar-refractivity contribution is -0.138. The van der Waals surface area contributed by atoms with E-state index in [2.05, 4.69) is 9.80 Å². The topological polar surface area (TPSA) is 59.1 Å². The number of carbonyl (C=O) groups is 2. The van der Waals surface area contributed by atoms with Crippen molar-refractivity contribution >= 4 is 11.8 Å². The van der Waals surface area contributed by atoms with E-state index in [0.717, 1.165) is 84.6 Å². The Labute approximate surface area is 160 Å². The zero-order chi connectivity index (χ0) is 18.2. The molecule has 0 aromatic carbocycles. The Morgan fingerprint density at radius 1 is 0.889 bits per heavy atom. The Balaban J connectivity index is 1.14. The smallest absolute Gasteiger partial charge is 0.226 e. The Hall–Kier alpha value is -1.14. The predicted molar refractivity (Wildman–Crippen MR) is 96.8 cm³/mol. The standard InChI is InChI=1S/C21H30N2O4/c24-18(15-8-20(15)3-6-26-12-20)22-10-14-2-1-5-23(17(14)11-22)19(25)16-9-21(16)4-7-27-13-21/h14-17H,1-13H2/t14-,15?,16?,17+,20?,21?/m0/s1. The summed E-state index contributed by atoms with van der Waals surface area (Å²) >= 11 is 0. The molecule has 148 valence electrons. The van der Waals surface area contributed by atoms with Crippen LogP contribution in [0, 0.1) is 28.6 Å². The molecule has 6 fully saturated rings. The van der Waals surface area contributed by atoms with Crippen molar-refractivity contribution in [3.63, 3.8) is 0 Å². The fraction of sp³-hybridized carbons (Fsp3) is 0.905. The molecule has 6 rings (SSSR count). The van der Waals surface area contributed by atoms with Crippen molar-refractivity contribution in [3.8, 4) is 0 Å². The molecule has 0 aromatic heterocycles. The van der Waals surface area contributed by atoms with Gasteiger partial charge in [0.2, 0.25) is 11.8 Å². The van der Waals surface area contributed by atoms with Crippen molar-refractivity contribution in [2.75, 3.05) is 46.1 Å². The molecule has 4 saturated heterocycles. The predicted octanol–water partition coefficient (Wildman–Crippen LogP) is 1.29. The second-order valence-corrected chi connectivity index (χ2v) is 10.1. The van der Waals surface area contributed by atoms with Crippen LogP contribution < -0.4 is 0 Å². The van der Waals surface area contributed by atoms with E-state index in [1.807, 2.05) is 0 Å². The van der Waals surface area contributed by atoms with Crippen LogP contribution in [0.1, 0.15) is 38.5 Å². The highest BCUT2D eigenvalue weighted by Crippen LogP contribution is 2.60. The van der Waals surface area contributed by atoms with E-state index in [1.54, 1.807) is 0 Å². The summed E-state index contributed by atoms with van der Waals surface area (Å²) in [6.07, 6.45) is 6.32. The monoisotopic (exact) mass is 374 g/mol. The summed E-state index contributed by atoms with van der Waals surface area (Å²) in [6, 6.07) is 0.240. The second-order valence-electron chi connectivity index (χ2n) is 10.1. The van der Waals surface area contributed by atoms with Crippen LogP contribution in [0.2, 0.25) is 0 Å². The van der Waals surface area contributed by atoms with E-state index in [9.17, 15) is 9.59 Å². The molecule has 2 aliphatic carbocycles. The Morgan fingerprint density at radius 2 is 1.56 bits per heavy atom. The number of amides is 2. The maximum absolute atomic E-state index is 13.2.